The topological polar surface area (TPSA) is 78.9 Å². The number of hydrogen-bond acceptors (Lipinski definition) is 5. The number of H-pyrrole nitrogens is 1. The molecule has 0 amide bonds. The van der Waals surface area contributed by atoms with E-state index in [0.717, 1.165) is 39.7 Å². The molecule has 0 atom stereocenters. The number of ether oxygens (including phenoxy) is 2. The van der Waals surface area contributed by atoms with Gasteiger partial charge >= 0.3 is 0 Å². The van der Waals surface area contributed by atoms with E-state index in [1.54, 1.807) is 0 Å². The molecule has 32 heavy (non-hydrogen) atoms. The SMILES string of the molecule is CCNCc1ccc(N=C(c2ccc3c(c2)OCO3)c2c(O)[nH]c3cc(Br)ccc23)cc1. The predicted octanol–water partition coefficient (Wildman–Crippen LogP) is 5.64. The molecule has 162 valence electrons. The standard InChI is InChI=1S/C25H22BrN3O3/c1-2-27-13-15-3-7-18(8-4-15)28-24(16-5-10-21-22(11-16)32-14-31-21)23-19-9-6-17(26)12-20(19)29-25(23)30/h3-12,27,29-30H,2,13-14H2,1H3. The molecule has 1 aliphatic rings. The maximum Gasteiger partial charge on any atom is 0.231 e. The van der Waals surface area contributed by atoms with Crippen LogP contribution < -0.4 is 14.8 Å². The number of aromatic amines is 1. The van der Waals surface area contributed by atoms with Crippen molar-refractivity contribution < 1.29 is 14.6 Å². The van der Waals surface area contributed by atoms with Crippen molar-refractivity contribution >= 4 is 38.2 Å². The van der Waals surface area contributed by atoms with Gasteiger partial charge in [0.1, 0.15) is 0 Å². The van der Waals surface area contributed by atoms with Crippen LogP contribution in [0.15, 0.2) is 70.1 Å². The van der Waals surface area contributed by atoms with Crippen LogP contribution in [0.4, 0.5) is 5.69 Å². The third-order valence-electron chi connectivity index (χ3n) is 5.38. The summed E-state index contributed by atoms with van der Waals surface area (Å²) in [6.45, 7) is 4.02. The summed E-state index contributed by atoms with van der Waals surface area (Å²) in [6.07, 6.45) is 0. The molecule has 0 bridgehead atoms. The highest BCUT2D eigenvalue weighted by Gasteiger charge is 2.22. The Kier molecular flexibility index (Phi) is 5.59. The van der Waals surface area contributed by atoms with E-state index in [1.807, 2.05) is 48.5 Å². The fourth-order valence-electron chi connectivity index (χ4n) is 3.79. The number of halogens is 1. The van der Waals surface area contributed by atoms with Gasteiger partial charge in [-0.3, -0.25) is 0 Å². The molecule has 4 aromatic rings. The summed E-state index contributed by atoms with van der Waals surface area (Å²) in [4.78, 5) is 8.03. The number of aromatic hydroxyl groups is 1. The molecule has 1 aliphatic heterocycles. The second kappa shape index (κ2) is 8.68. The summed E-state index contributed by atoms with van der Waals surface area (Å²) < 4.78 is 12.0. The normalized spacial score (nSPS) is 13.1. The highest BCUT2D eigenvalue weighted by Crippen LogP contribution is 2.37. The van der Waals surface area contributed by atoms with Gasteiger partial charge in [-0.25, -0.2) is 4.99 Å². The molecule has 3 aromatic carbocycles. The fraction of sp³-hybridized carbons (Fsp3) is 0.160. The molecule has 0 radical (unpaired) electrons. The van der Waals surface area contributed by atoms with Gasteiger partial charge in [0.15, 0.2) is 17.4 Å². The molecular formula is C25H22BrN3O3. The molecule has 0 saturated carbocycles. The van der Waals surface area contributed by atoms with Gasteiger partial charge in [-0.1, -0.05) is 41.1 Å². The van der Waals surface area contributed by atoms with E-state index in [4.69, 9.17) is 14.5 Å². The number of rotatable bonds is 6. The first-order chi connectivity index (χ1) is 15.6. The Balaban J connectivity index is 1.65. The first-order valence-corrected chi connectivity index (χ1v) is 11.2. The number of benzene rings is 3. The van der Waals surface area contributed by atoms with Gasteiger partial charge in [-0.2, -0.15) is 0 Å². The highest BCUT2D eigenvalue weighted by molar-refractivity contribution is 9.10. The number of aliphatic imine (C=N–C) groups is 1. The third-order valence-corrected chi connectivity index (χ3v) is 5.87. The minimum absolute atomic E-state index is 0.0679. The maximum atomic E-state index is 10.9. The molecule has 3 N–H and O–H groups in total. The molecule has 5 rings (SSSR count). The van der Waals surface area contributed by atoms with Crippen molar-refractivity contribution in [3.05, 3.63) is 81.8 Å². The van der Waals surface area contributed by atoms with Crippen LogP contribution in [0.25, 0.3) is 10.9 Å². The molecule has 0 fully saturated rings. The second-order valence-corrected chi connectivity index (χ2v) is 8.43. The zero-order chi connectivity index (χ0) is 22.1. The van der Waals surface area contributed by atoms with E-state index in [2.05, 4.69) is 45.3 Å². The van der Waals surface area contributed by atoms with Crippen LogP contribution in [-0.2, 0) is 6.54 Å². The number of nitrogens with one attached hydrogen (secondary N) is 2. The lowest BCUT2D eigenvalue weighted by Gasteiger charge is -2.09. The summed E-state index contributed by atoms with van der Waals surface area (Å²) in [5.74, 6) is 1.43. The quantitative estimate of drug-likeness (QED) is 0.304. The number of hydrogen-bond donors (Lipinski definition) is 3. The van der Waals surface area contributed by atoms with E-state index in [1.165, 1.54) is 5.56 Å². The van der Waals surface area contributed by atoms with Gasteiger partial charge in [-0.05, 0) is 54.6 Å². The Bertz CT molecular complexity index is 1310. The minimum Gasteiger partial charge on any atom is -0.494 e. The van der Waals surface area contributed by atoms with Gasteiger partial charge in [0.25, 0.3) is 0 Å². The fourth-order valence-corrected chi connectivity index (χ4v) is 4.15. The van der Waals surface area contributed by atoms with Gasteiger partial charge in [0.05, 0.1) is 22.5 Å². The van der Waals surface area contributed by atoms with Crippen molar-refractivity contribution in [1.29, 1.82) is 0 Å². The Morgan fingerprint density at radius 1 is 1.06 bits per heavy atom. The molecule has 7 heteroatoms. The molecule has 6 nitrogen and oxygen atoms in total. The summed E-state index contributed by atoms with van der Waals surface area (Å²) in [5, 5.41) is 15.1. The molecule has 2 heterocycles. The van der Waals surface area contributed by atoms with Crippen molar-refractivity contribution in [2.45, 2.75) is 13.5 Å². The van der Waals surface area contributed by atoms with Crippen molar-refractivity contribution in [2.24, 2.45) is 4.99 Å². The van der Waals surface area contributed by atoms with Gasteiger partial charge in [-0.15, -0.1) is 0 Å². The van der Waals surface area contributed by atoms with Crippen molar-refractivity contribution in [2.75, 3.05) is 13.3 Å². The van der Waals surface area contributed by atoms with E-state index >= 15 is 0 Å². The predicted molar refractivity (Wildman–Crippen MR) is 129 cm³/mol. The average Bonchev–Trinajstić information content (AvgIpc) is 3.39. The van der Waals surface area contributed by atoms with Crippen LogP contribution in [-0.4, -0.2) is 29.1 Å². The summed E-state index contributed by atoms with van der Waals surface area (Å²) in [5.41, 5.74) is 4.92. The van der Waals surface area contributed by atoms with E-state index in [9.17, 15) is 5.11 Å². The molecule has 0 spiro atoms. The Hall–Kier alpha value is -3.29. The smallest absolute Gasteiger partial charge is 0.231 e. The molecule has 0 aliphatic carbocycles. The largest absolute Gasteiger partial charge is 0.494 e. The van der Waals surface area contributed by atoms with E-state index < -0.39 is 0 Å². The second-order valence-electron chi connectivity index (χ2n) is 7.51. The van der Waals surface area contributed by atoms with Crippen LogP contribution in [0.5, 0.6) is 17.4 Å². The van der Waals surface area contributed by atoms with Crippen molar-refractivity contribution in [3.8, 4) is 17.4 Å². The molecule has 1 aromatic heterocycles. The molecular weight excluding hydrogens is 470 g/mol. The number of fused-ring (bicyclic) bond motifs is 2. The first kappa shape index (κ1) is 20.6. The lowest BCUT2D eigenvalue weighted by molar-refractivity contribution is 0.174. The summed E-state index contributed by atoms with van der Waals surface area (Å²) in [7, 11) is 0. The summed E-state index contributed by atoms with van der Waals surface area (Å²) in [6, 6.07) is 19.7. The zero-order valence-corrected chi connectivity index (χ0v) is 19.1. The lowest BCUT2D eigenvalue weighted by atomic mass is 10.00. The van der Waals surface area contributed by atoms with E-state index in [-0.39, 0.29) is 12.7 Å². The number of aromatic nitrogens is 1. The summed E-state index contributed by atoms with van der Waals surface area (Å²) >= 11 is 3.49. The van der Waals surface area contributed by atoms with Crippen molar-refractivity contribution in [1.82, 2.24) is 10.3 Å². The minimum atomic E-state index is 0.0679. The zero-order valence-electron chi connectivity index (χ0n) is 17.5. The van der Waals surface area contributed by atoms with Crippen LogP contribution in [0.2, 0.25) is 0 Å². The Morgan fingerprint density at radius 2 is 1.88 bits per heavy atom. The first-order valence-electron chi connectivity index (χ1n) is 10.4. The highest BCUT2D eigenvalue weighted by atomic mass is 79.9. The van der Waals surface area contributed by atoms with Gasteiger partial charge in [0.2, 0.25) is 6.79 Å². The van der Waals surface area contributed by atoms with Crippen molar-refractivity contribution in [3.63, 3.8) is 0 Å². The molecule has 0 saturated heterocycles. The van der Waals surface area contributed by atoms with Crippen LogP contribution in [0.3, 0.4) is 0 Å². The average molecular weight is 492 g/mol. The Labute approximate surface area is 194 Å². The van der Waals surface area contributed by atoms with E-state index in [0.29, 0.717) is 22.8 Å². The van der Waals surface area contributed by atoms with Crippen LogP contribution in [0.1, 0.15) is 23.6 Å². The lowest BCUT2D eigenvalue weighted by Crippen LogP contribution is -2.11. The van der Waals surface area contributed by atoms with Gasteiger partial charge in [0, 0.05) is 22.0 Å². The maximum absolute atomic E-state index is 10.9. The van der Waals surface area contributed by atoms with Gasteiger partial charge < -0.3 is 24.9 Å². The molecule has 0 unspecified atom stereocenters. The Morgan fingerprint density at radius 3 is 2.69 bits per heavy atom. The third kappa shape index (κ3) is 3.97. The monoisotopic (exact) mass is 491 g/mol. The number of nitrogens with zero attached hydrogens (tertiary/aromatic N) is 1. The van der Waals surface area contributed by atoms with Crippen LogP contribution in [0, 0.1) is 0 Å². The van der Waals surface area contributed by atoms with Crippen LogP contribution >= 0.6 is 15.9 Å².